The number of rotatable bonds is 6. The van der Waals surface area contributed by atoms with Crippen molar-refractivity contribution in [1.82, 2.24) is 9.80 Å². The Kier molecular flexibility index (Phi) is 7.15. The molecular weight excluding hydrogens is 408 g/mol. The Bertz CT molecular complexity index is 859. The van der Waals surface area contributed by atoms with Gasteiger partial charge in [-0.3, -0.25) is 19.3 Å². The number of carbonyl (C=O) groups is 4. The number of esters is 1. The van der Waals surface area contributed by atoms with Crippen LogP contribution in [0.3, 0.4) is 0 Å². The summed E-state index contributed by atoms with van der Waals surface area (Å²) >= 11 is 0.822. The molecule has 3 rings (SSSR count). The number of likely N-dealkylation sites (tertiary alicyclic amines) is 1. The zero-order chi connectivity index (χ0) is 21.7. The molecule has 0 aromatic heterocycles. The van der Waals surface area contributed by atoms with Crippen LogP contribution in [0, 0.1) is 5.92 Å². The van der Waals surface area contributed by atoms with Gasteiger partial charge in [-0.1, -0.05) is 19.1 Å². The van der Waals surface area contributed by atoms with Crippen molar-refractivity contribution in [2.24, 2.45) is 5.92 Å². The Hall–Kier alpha value is -2.81. The molecule has 3 amide bonds. The molecule has 0 N–H and O–H groups in total. The third-order valence-corrected chi connectivity index (χ3v) is 5.97. The summed E-state index contributed by atoms with van der Waals surface area (Å²) in [7, 11) is 1.28. The molecule has 2 aliphatic heterocycles. The standard InChI is InChI=1S/C21H24N2O6S/c1-14-7-9-22(10-8-14)18(24)12-23-20(26)17(30-21(23)27)11-15-3-5-16(6-4-15)29-13-19(25)28-2/h3-6,11,14H,7-10,12-13H2,1-2H3/b17-11-. The third-order valence-electron chi connectivity index (χ3n) is 5.07. The average Bonchev–Trinajstić information content (AvgIpc) is 3.00. The van der Waals surface area contributed by atoms with Crippen molar-refractivity contribution < 1.29 is 28.7 Å². The molecule has 1 aromatic rings. The highest BCUT2D eigenvalue weighted by molar-refractivity contribution is 8.18. The lowest BCUT2D eigenvalue weighted by molar-refractivity contribution is -0.143. The maximum absolute atomic E-state index is 12.6. The van der Waals surface area contributed by atoms with E-state index >= 15 is 0 Å². The predicted molar refractivity (Wildman–Crippen MR) is 112 cm³/mol. The van der Waals surface area contributed by atoms with Crippen molar-refractivity contribution in [1.29, 1.82) is 0 Å². The maximum Gasteiger partial charge on any atom is 0.343 e. The Morgan fingerprint density at radius 1 is 1.17 bits per heavy atom. The van der Waals surface area contributed by atoms with Crippen molar-refractivity contribution in [3.63, 3.8) is 0 Å². The van der Waals surface area contributed by atoms with Crippen LogP contribution in [-0.4, -0.2) is 66.2 Å². The number of hydrogen-bond acceptors (Lipinski definition) is 7. The molecule has 2 aliphatic rings. The predicted octanol–water partition coefficient (Wildman–Crippen LogP) is 2.53. The van der Waals surface area contributed by atoms with Gasteiger partial charge in [-0.15, -0.1) is 0 Å². The van der Waals surface area contributed by atoms with Crippen LogP contribution in [0.4, 0.5) is 4.79 Å². The number of hydrogen-bond donors (Lipinski definition) is 0. The monoisotopic (exact) mass is 432 g/mol. The Morgan fingerprint density at radius 2 is 1.83 bits per heavy atom. The van der Waals surface area contributed by atoms with Crippen LogP contribution >= 0.6 is 11.8 Å². The van der Waals surface area contributed by atoms with E-state index in [0.717, 1.165) is 29.5 Å². The lowest BCUT2D eigenvalue weighted by atomic mass is 9.99. The fourth-order valence-corrected chi connectivity index (χ4v) is 3.98. The molecule has 2 saturated heterocycles. The van der Waals surface area contributed by atoms with E-state index in [0.29, 0.717) is 30.3 Å². The molecular formula is C21H24N2O6S. The summed E-state index contributed by atoms with van der Waals surface area (Å²) in [5, 5.41) is -0.442. The summed E-state index contributed by atoms with van der Waals surface area (Å²) in [5.74, 6) is -0.0767. The number of piperidine rings is 1. The van der Waals surface area contributed by atoms with Crippen LogP contribution < -0.4 is 4.74 Å². The number of amides is 3. The first kappa shape index (κ1) is 21.9. The number of methoxy groups -OCH3 is 1. The largest absolute Gasteiger partial charge is 0.482 e. The van der Waals surface area contributed by atoms with E-state index in [1.165, 1.54) is 7.11 Å². The van der Waals surface area contributed by atoms with E-state index in [9.17, 15) is 19.2 Å². The minimum Gasteiger partial charge on any atom is -0.482 e. The normalized spacial score (nSPS) is 18.8. The molecule has 160 valence electrons. The lowest BCUT2D eigenvalue weighted by Crippen LogP contribution is -2.45. The van der Waals surface area contributed by atoms with Gasteiger partial charge in [-0.2, -0.15) is 0 Å². The first-order valence-corrected chi connectivity index (χ1v) is 10.5. The van der Waals surface area contributed by atoms with Crippen LogP contribution in [0.15, 0.2) is 29.2 Å². The Balaban J connectivity index is 1.60. The van der Waals surface area contributed by atoms with Gasteiger partial charge in [-0.25, -0.2) is 4.79 Å². The van der Waals surface area contributed by atoms with E-state index in [1.54, 1.807) is 35.2 Å². The third kappa shape index (κ3) is 5.41. The zero-order valence-electron chi connectivity index (χ0n) is 17.0. The van der Waals surface area contributed by atoms with Crippen molar-refractivity contribution in [2.45, 2.75) is 19.8 Å². The van der Waals surface area contributed by atoms with Crippen LogP contribution in [0.5, 0.6) is 5.75 Å². The maximum atomic E-state index is 12.6. The number of nitrogens with zero attached hydrogens (tertiary/aromatic N) is 2. The number of benzene rings is 1. The second-order valence-corrected chi connectivity index (χ2v) is 8.26. The summed E-state index contributed by atoms with van der Waals surface area (Å²) < 4.78 is 9.78. The molecule has 0 spiro atoms. The molecule has 0 saturated carbocycles. The SMILES string of the molecule is COC(=O)COc1ccc(/C=C2\SC(=O)N(CC(=O)N3CCC(C)CC3)C2=O)cc1. The second kappa shape index (κ2) is 9.80. The molecule has 0 unspecified atom stereocenters. The summed E-state index contributed by atoms with van der Waals surface area (Å²) in [4.78, 5) is 51.5. The van der Waals surface area contributed by atoms with Gasteiger partial charge in [0, 0.05) is 13.1 Å². The number of ether oxygens (including phenoxy) is 2. The fraction of sp³-hybridized carbons (Fsp3) is 0.429. The van der Waals surface area contributed by atoms with Crippen molar-refractivity contribution in [3.05, 3.63) is 34.7 Å². The van der Waals surface area contributed by atoms with E-state index in [4.69, 9.17) is 4.74 Å². The van der Waals surface area contributed by atoms with Gasteiger partial charge < -0.3 is 14.4 Å². The highest BCUT2D eigenvalue weighted by Gasteiger charge is 2.37. The van der Waals surface area contributed by atoms with Crippen LogP contribution in [0.1, 0.15) is 25.3 Å². The van der Waals surface area contributed by atoms with Crippen LogP contribution in [0.25, 0.3) is 6.08 Å². The summed E-state index contributed by atoms with van der Waals surface area (Å²) in [5.41, 5.74) is 0.697. The van der Waals surface area contributed by atoms with Gasteiger partial charge in [0.2, 0.25) is 5.91 Å². The van der Waals surface area contributed by atoms with E-state index < -0.39 is 17.1 Å². The molecule has 9 heteroatoms. The molecule has 0 atom stereocenters. The van der Waals surface area contributed by atoms with Crippen LogP contribution in [0.2, 0.25) is 0 Å². The van der Waals surface area contributed by atoms with Crippen LogP contribution in [-0.2, 0) is 19.1 Å². The lowest BCUT2D eigenvalue weighted by Gasteiger charge is -2.31. The van der Waals surface area contributed by atoms with Gasteiger partial charge >= 0.3 is 5.97 Å². The van der Waals surface area contributed by atoms with Crippen molar-refractivity contribution in [2.75, 3.05) is 33.4 Å². The molecule has 8 nitrogen and oxygen atoms in total. The topological polar surface area (TPSA) is 93.2 Å². The van der Waals surface area contributed by atoms with E-state index in [1.807, 2.05) is 0 Å². The first-order chi connectivity index (χ1) is 14.4. The highest BCUT2D eigenvalue weighted by atomic mass is 32.2. The smallest absolute Gasteiger partial charge is 0.343 e. The minimum absolute atomic E-state index is 0.196. The number of imide groups is 1. The van der Waals surface area contributed by atoms with E-state index in [-0.39, 0.29) is 24.0 Å². The second-order valence-electron chi connectivity index (χ2n) is 7.27. The van der Waals surface area contributed by atoms with Gasteiger partial charge in [0.05, 0.1) is 12.0 Å². The molecule has 30 heavy (non-hydrogen) atoms. The van der Waals surface area contributed by atoms with Crippen molar-refractivity contribution >= 4 is 40.9 Å². The number of thioether (sulfide) groups is 1. The number of carbonyl (C=O) groups excluding carboxylic acids is 4. The van der Waals surface area contributed by atoms with Crippen molar-refractivity contribution in [3.8, 4) is 5.75 Å². The Labute approximate surface area is 179 Å². The molecule has 2 heterocycles. The Morgan fingerprint density at radius 3 is 2.47 bits per heavy atom. The zero-order valence-corrected chi connectivity index (χ0v) is 17.8. The molecule has 0 aliphatic carbocycles. The average molecular weight is 432 g/mol. The quantitative estimate of drug-likeness (QED) is 0.504. The van der Waals surface area contributed by atoms with Gasteiger partial charge in [0.1, 0.15) is 12.3 Å². The first-order valence-electron chi connectivity index (χ1n) is 9.70. The summed E-state index contributed by atoms with van der Waals surface area (Å²) in [6.45, 7) is 3.06. The molecule has 0 bridgehead atoms. The summed E-state index contributed by atoms with van der Waals surface area (Å²) in [6.07, 6.45) is 3.47. The molecule has 0 radical (unpaired) electrons. The van der Waals surface area contributed by atoms with Gasteiger partial charge in [0.25, 0.3) is 11.1 Å². The minimum atomic E-state index is -0.485. The molecule has 1 aromatic carbocycles. The van der Waals surface area contributed by atoms with Gasteiger partial charge in [-0.05, 0) is 54.3 Å². The van der Waals surface area contributed by atoms with Gasteiger partial charge in [0.15, 0.2) is 6.61 Å². The molecule has 2 fully saturated rings. The summed E-state index contributed by atoms with van der Waals surface area (Å²) in [6, 6.07) is 6.72. The van der Waals surface area contributed by atoms with E-state index in [2.05, 4.69) is 11.7 Å². The fourth-order valence-electron chi connectivity index (χ4n) is 3.14. The highest BCUT2D eigenvalue weighted by Crippen LogP contribution is 2.32.